The minimum atomic E-state index is -0.499. The average molecular weight is 414 g/mol. The molecule has 3 aromatic rings. The largest absolute Gasteiger partial charge is 0.393 e. The lowest BCUT2D eigenvalue weighted by Crippen LogP contribution is -2.37. The van der Waals surface area contributed by atoms with Crippen molar-refractivity contribution in [3.05, 3.63) is 35.8 Å². The third-order valence-corrected chi connectivity index (χ3v) is 4.69. The first kappa shape index (κ1) is 19.9. The first-order valence-corrected chi connectivity index (χ1v) is 9.68. The van der Waals surface area contributed by atoms with Gasteiger partial charge in [0.1, 0.15) is 5.82 Å². The molecule has 11 nitrogen and oxygen atoms in total. The molecular weight excluding hydrogens is 391 g/mol. The second kappa shape index (κ2) is 8.53. The molecule has 30 heavy (non-hydrogen) atoms. The molecule has 0 radical (unpaired) electrons. The average Bonchev–Trinajstić information content (AvgIpc) is 3.13. The number of aromatic nitrogens is 7. The highest BCUT2D eigenvalue weighted by Crippen LogP contribution is 2.22. The molecule has 0 aliphatic carbocycles. The van der Waals surface area contributed by atoms with Crippen LogP contribution in [0, 0.1) is 12.7 Å². The Bertz CT molecular complexity index is 987. The molecule has 4 rings (SSSR count). The number of aryl methyl sites for hydroxylation is 1. The van der Waals surface area contributed by atoms with Crippen molar-refractivity contribution < 1.29 is 9.50 Å². The first-order chi connectivity index (χ1) is 14.5. The number of nitrogens with one attached hydrogen (secondary N) is 3. The van der Waals surface area contributed by atoms with E-state index in [0.29, 0.717) is 55.4 Å². The van der Waals surface area contributed by atoms with Crippen molar-refractivity contribution in [3.63, 3.8) is 0 Å². The molecule has 3 aromatic heterocycles. The number of H-pyrrole nitrogens is 1. The van der Waals surface area contributed by atoms with Crippen LogP contribution in [-0.4, -0.2) is 59.4 Å². The maximum Gasteiger partial charge on any atom is 0.235 e. The summed E-state index contributed by atoms with van der Waals surface area (Å²) in [5.41, 5.74) is 0.900. The van der Waals surface area contributed by atoms with Crippen LogP contribution >= 0.6 is 0 Å². The summed E-state index contributed by atoms with van der Waals surface area (Å²) in [4.78, 5) is 23.5. The van der Waals surface area contributed by atoms with Crippen LogP contribution in [0.1, 0.15) is 37.3 Å². The molecule has 0 unspecified atom stereocenters. The van der Waals surface area contributed by atoms with Crippen molar-refractivity contribution in [2.24, 2.45) is 0 Å². The van der Waals surface area contributed by atoms with E-state index < -0.39 is 5.82 Å². The van der Waals surface area contributed by atoms with Crippen molar-refractivity contribution in [1.29, 1.82) is 0 Å². The number of aromatic amines is 1. The highest BCUT2D eigenvalue weighted by atomic mass is 19.1. The minimum Gasteiger partial charge on any atom is -0.393 e. The number of anilines is 4. The van der Waals surface area contributed by atoms with E-state index in [1.165, 1.54) is 0 Å². The van der Waals surface area contributed by atoms with Gasteiger partial charge < -0.3 is 20.6 Å². The Kier molecular flexibility index (Phi) is 5.65. The maximum absolute atomic E-state index is 13.1. The van der Waals surface area contributed by atoms with E-state index in [-0.39, 0.29) is 12.1 Å². The normalized spacial score (nSPS) is 15.8. The smallest absolute Gasteiger partial charge is 0.235 e. The Hall–Kier alpha value is -3.41. The van der Waals surface area contributed by atoms with Crippen LogP contribution in [0.25, 0.3) is 0 Å². The van der Waals surface area contributed by atoms with Gasteiger partial charge in [0, 0.05) is 24.8 Å². The number of rotatable bonds is 6. The number of halogens is 1. The Morgan fingerprint density at radius 1 is 1.17 bits per heavy atom. The Morgan fingerprint density at radius 2 is 1.87 bits per heavy atom. The molecule has 4 N–H and O–H groups in total. The molecule has 0 amide bonds. The van der Waals surface area contributed by atoms with Crippen LogP contribution in [0.4, 0.5) is 28.1 Å². The highest BCUT2D eigenvalue weighted by molar-refractivity contribution is 5.52. The molecule has 0 saturated carbocycles. The Labute approximate surface area is 172 Å². The van der Waals surface area contributed by atoms with Gasteiger partial charge in [0.2, 0.25) is 17.8 Å². The fraction of sp³-hybridized carbons (Fsp3) is 0.444. The van der Waals surface area contributed by atoms with Gasteiger partial charge in [0.25, 0.3) is 0 Å². The van der Waals surface area contributed by atoms with E-state index in [9.17, 15) is 9.50 Å². The van der Waals surface area contributed by atoms with Gasteiger partial charge in [-0.3, -0.25) is 5.10 Å². The lowest BCUT2D eigenvalue weighted by atomic mass is 10.1. The summed E-state index contributed by atoms with van der Waals surface area (Å²) in [5.74, 6) is 1.63. The standard InChI is InChI=1S/C18H23FN10O/c1-10-7-14(28-27-10)23-17-24-16(22-11(2)15-20-8-12(19)9-21-15)25-18(26-17)29-5-3-13(30)4-6-29/h7-9,11,13,30H,3-6H2,1-2H3,(H3,22,23,24,25,26,27,28)/t11-/m0/s1. The lowest BCUT2D eigenvalue weighted by Gasteiger charge is -2.29. The number of aliphatic hydroxyl groups is 1. The van der Waals surface area contributed by atoms with E-state index in [1.807, 2.05) is 24.8 Å². The van der Waals surface area contributed by atoms with Crippen molar-refractivity contribution in [1.82, 2.24) is 35.1 Å². The molecule has 1 aliphatic rings. The molecule has 0 aromatic carbocycles. The number of hydrogen-bond acceptors (Lipinski definition) is 10. The van der Waals surface area contributed by atoms with Crippen LogP contribution in [0.2, 0.25) is 0 Å². The van der Waals surface area contributed by atoms with Gasteiger partial charge in [-0.2, -0.15) is 20.1 Å². The number of piperidine rings is 1. The van der Waals surface area contributed by atoms with E-state index >= 15 is 0 Å². The zero-order valence-electron chi connectivity index (χ0n) is 16.7. The number of hydrogen-bond donors (Lipinski definition) is 4. The van der Waals surface area contributed by atoms with Gasteiger partial charge in [0.05, 0.1) is 24.5 Å². The van der Waals surface area contributed by atoms with Crippen LogP contribution in [0.15, 0.2) is 18.5 Å². The van der Waals surface area contributed by atoms with Crippen LogP contribution in [0.3, 0.4) is 0 Å². The molecule has 1 fully saturated rings. The van der Waals surface area contributed by atoms with E-state index in [0.717, 1.165) is 18.1 Å². The maximum atomic E-state index is 13.1. The van der Waals surface area contributed by atoms with Crippen LogP contribution in [0.5, 0.6) is 0 Å². The third-order valence-electron chi connectivity index (χ3n) is 4.69. The van der Waals surface area contributed by atoms with E-state index in [4.69, 9.17) is 0 Å². The molecule has 4 heterocycles. The lowest BCUT2D eigenvalue weighted by molar-refractivity contribution is 0.145. The quantitative estimate of drug-likeness (QED) is 0.471. The summed E-state index contributed by atoms with van der Waals surface area (Å²) in [6, 6.07) is 1.48. The fourth-order valence-corrected chi connectivity index (χ4v) is 3.09. The first-order valence-electron chi connectivity index (χ1n) is 9.68. The molecule has 1 saturated heterocycles. The van der Waals surface area contributed by atoms with Gasteiger partial charge >= 0.3 is 0 Å². The van der Waals surface area contributed by atoms with Crippen molar-refractivity contribution >= 4 is 23.7 Å². The molecule has 12 heteroatoms. The second-order valence-electron chi connectivity index (χ2n) is 7.19. The number of aliphatic hydroxyl groups excluding tert-OH is 1. The fourth-order valence-electron chi connectivity index (χ4n) is 3.09. The number of nitrogens with zero attached hydrogens (tertiary/aromatic N) is 7. The molecule has 1 aliphatic heterocycles. The molecule has 0 bridgehead atoms. The molecule has 158 valence electrons. The van der Waals surface area contributed by atoms with Crippen LogP contribution < -0.4 is 15.5 Å². The monoisotopic (exact) mass is 414 g/mol. The van der Waals surface area contributed by atoms with Crippen molar-refractivity contribution in [2.45, 2.75) is 38.8 Å². The predicted octanol–water partition coefficient (Wildman–Crippen LogP) is 1.71. The SMILES string of the molecule is Cc1cc(Nc2nc(N[C@@H](C)c3ncc(F)cn3)nc(N3CCC(O)CC3)n2)n[nH]1. The van der Waals surface area contributed by atoms with Gasteiger partial charge in [-0.25, -0.2) is 14.4 Å². The van der Waals surface area contributed by atoms with Gasteiger partial charge in [0.15, 0.2) is 11.6 Å². The van der Waals surface area contributed by atoms with Gasteiger partial charge in [-0.15, -0.1) is 0 Å². The summed E-state index contributed by atoms with van der Waals surface area (Å²) in [7, 11) is 0. The summed E-state index contributed by atoms with van der Waals surface area (Å²) < 4.78 is 13.1. The Balaban J connectivity index is 1.59. The van der Waals surface area contributed by atoms with E-state index in [1.54, 1.807) is 0 Å². The van der Waals surface area contributed by atoms with Gasteiger partial charge in [-0.05, 0) is 26.7 Å². The van der Waals surface area contributed by atoms with Crippen molar-refractivity contribution in [2.75, 3.05) is 28.6 Å². The summed E-state index contributed by atoms with van der Waals surface area (Å²) >= 11 is 0. The minimum absolute atomic E-state index is 0.305. The van der Waals surface area contributed by atoms with E-state index in [2.05, 4.69) is 45.8 Å². The summed E-state index contributed by atoms with van der Waals surface area (Å²) in [6.07, 6.45) is 3.22. The molecule has 1 atom stereocenters. The van der Waals surface area contributed by atoms with Crippen molar-refractivity contribution in [3.8, 4) is 0 Å². The van der Waals surface area contributed by atoms with Gasteiger partial charge in [-0.1, -0.05) is 0 Å². The zero-order valence-corrected chi connectivity index (χ0v) is 16.7. The zero-order chi connectivity index (χ0) is 21.1. The predicted molar refractivity (Wildman–Crippen MR) is 108 cm³/mol. The topological polar surface area (TPSA) is 141 Å². The third kappa shape index (κ3) is 4.76. The summed E-state index contributed by atoms with van der Waals surface area (Å²) in [6.45, 7) is 5.01. The molecule has 0 spiro atoms. The summed E-state index contributed by atoms with van der Waals surface area (Å²) in [5, 5.41) is 23.0. The Morgan fingerprint density at radius 3 is 2.53 bits per heavy atom. The highest BCUT2D eigenvalue weighted by Gasteiger charge is 2.21. The second-order valence-corrected chi connectivity index (χ2v) is 7.19. The van der Waals surface area contributed by atoms with Crippen LogP contribution in [-0.2, 0) is 0 Å². The molecular formula is C18H23FN10O.